The lowest BCUT2D eigenvalue weighted by atomic mass is 9.98. The second-order valence-electron chi connectivity index (χ2n) is 5.92. The topological polar surface area (TPSA) is 89.5 Å². The number of nitro benzene ring substituents is 1. The Morgan fingerprint density at radius 2 is 2.09 bits per heavy atom. The number of nitrogens with zero attached hydrogens (tertiary/aromatic N) is 2. The Morgan fingerprint density at radius 3 is 2.70 bits per heavy atom. The molecule has 0 radical (unpaired) electrons. The van der Waals surface area contributed by atoms with Crippen molar-refractivity contribution in [1.29, 1.82) is 0 Å². The summed E-state index contributed by atoms with van der Waals surface area (Å²) in [7, 11) is 0. The third-order valence-corrected chi connectivity index (χ3v) is 5.50. The lowest BCUT2D eigenvalue weighted by Gasteiger charge is -2.19. The second-order valence-corrected chi connectivity index (χ2v) is 7.21. The average molecular weight is 425 g/mol. The van der Waals surface area contributed by atoms with Crippen molar-refractivity contribution in [3.8, 4) is 0 Å². The summed E-state index contributed by atoms with van der Waals surface area (Å²) in [6.45, 7) is 1.25. The maximum Gasteiger partial charge on any atom is 0.289 e. The zero-order valence-corrected chi connectivity index (χ0v) is 15.2. The van der Waals surface area contributed by atoms with E-state index in [1.807, 2.05) is 0 Å². The van der Waals surface area contributed by atoms with Gasteiger partial charge in [-0.15, -0.1) is 12.4 Å². The van der Waals surface area contributed by atoms with Crippen LogP contribution in [0.1, 0.15) is 23.2 Å². The van der Waals surface area contributed by atoms with E-state index in [0.29, 0.717) is 29.4 Å². The number of hydrogen-bond acceptors (Lipinski definition) is 4. The van der Waals surface area contributed by atoms with Crippen molar-refractivity contribution in [2.24, 2.45) is 17.6 Å². The highest BCUT2D eigenvalue weighted by molar-refractivity contribution is 9.10. The Bertz CT molecular complexity index is 658. The fourth-order valence-electron chi connectivity index (χ4n) is 3.51. The molecule has 2 aliphatic rings. The fraction of sp³-hybridized carbons (Fsp3) is 0.500. The van der Waals surface area contributed by atoms with E-state index >= 15 is 0 Å². The molecule has 2 N–H and O–H groups in total. The van der Waals surface area contributed by atoms with Crippen LogP contribution in [0.5, 0.6) is 0 Å². The van der Waals surface area contributed by atoms with E-state index in [0.717, 1.165) is 12.8 Å². The SMILES string of the molecule is Cl.NC1CCC2CN(C(=O)c3cc(Br)cc([N+](=O)[O-])c3Cl)CC12. The predicted octanol–water partition coefficient (Wildman–Crippen LogP) is 3.24. The van der Waals surface area contributed by atoms with Gasteiger partial charge in [-0.3, -0.25) is 14.9 Å². The molecule has 1 aliphatic carbocycles. The first-order valence-corrected chi connectivity index (χ1v) is 8.24. The standard InChI is InChI=1S/C14H15BrClN3O3.ClH/c15-8-3-9(13(16)12(4-8)19(21)22)14(20)18-5-7-1-2-11(17)10(7)6-18;/h3-4,7,10-11H,1-2,5-6,17H2;1H. The quantitative estimate of drug-likeness (QED) is 0.582. The maximum absolute atomic E-state index is 12.7. The minimum atomic E-state index is -0.585. The molecule has 3 rings (SSSR count). The number of benzene rings is 1. The van der Waals surface area contributed by atoms with Crippen LogP contribution in [0.15, 0.2) is 16.6 Å². The van der Waals surface area contributed by atoms with Crippen molar-refractivity contribution in [2.45, 2.75) is 18.9 Å². The van der Waals surface area contributed by atoms with Gasteiger partial charge < -0.3 is 10.6 Å². The highest BCUT2D eigenvalue weighted by Crippen LogP contribution is 2.39. The van der Waals surface area contributed by atoms with Crippen molar-refractivity contribution >= 4 is 51.5 Å². The highest BCUT2D eigenvalue weighted by Gasteiger charge is 2.43. The number of carbonyl (C=O) groups is 1. The molecule has 9 heteroatoms. The molecular weight excluding hydrogens is 409 g/mol. The summed E-state index contributed by atoms with van der Waals surface area (Å²) in [5, 5.41) is 10.9. The molecule has 126 valence electrons. The molecule has 23 heavy (non-hydrogen) atoms. The summed E-state index contributed by atoms with van der Waals surface area (Å²) in [6, 6.07) is 2.97. The Hall–Kier alpha value is -0.890. The maximum atomic E-state index is 12.7. The van der Waals surface area contributed by atoms with Crippen molar-refractivity contribution in [3.63, 3.8) is 0 Å². The van der Waals surface area contributed by atoms with Crippen molar-refractivity contribution in [2.75, 3.05) is 13.1 Å². The summed E-state index contributed by atoms with van der Waals surface area (Å²) in [5.74, 6) is 0.487. The normalized spacial score (nSPS) is 25.9. The molecule has 1 aliphatic heterocycles. The summed E-state index contributed by atoms with van der Waals surface area (Å²) >= 11 is 9.26. The van der Waals surface area contributed by atoms with Crippen LogP contribution >= 0.6 is 39.9 Å². The molecule has 1 saturated carbocycles. The fourth-order valence-corrected chi connectivity index (χ4v) is 4.21. The van der Waals surface area contributed by atoms with Crippen molar-refractivity contribution < 1.29 is 9.72 Å². The number of amides is 1. The minimum Gasteiger partial charge on any atom is -0.338 e. The number of likely N-dealkylation sites (tertiary alicyclic amines) is 1. The number of fused-ring (bicyclic) bond motifs is 1. The zero-order valence-electron chi connectivity index (χ0n) is 12.1. The Kier molecular flexibility index (Phi) is 5.56. The minimum absolute atomic E-state index is 0. The summed E-state index contributed by atoms with van der Waals surface area (Å²) in [4.78, 5) is 24.9. The van der Waals surface area contributed by atoms with Crippen LogP contribution in [0.4, 0.5) is 5.69 Å². The van der Waals surface area contributed by atoms with Crippen molar-refractivity contribution in [1.82, 2.24) is 4.90 Å². The Labute approximate surface area is 153 Å². The lowest BCUT2D eigenvalue weighted by Crippen LogP contribution is -2.33. The number of nitrogens with two attached hydrogens (primary N) is 1. The van der Waals surface area contributed by atoms with Gasteiger partial charge in [0.2, 0.25) is 0 Å². The molecule has 3 unspecified atom stereocenters. The van der Waals surface area contributed by atoms with Gasteiger partial charge in [-0.05, 0) is 30.7 Å². The number of nitro groups is 1. The number of hydrogen-bond donors (Lipinski definition) is 1. The van der Waals surface area contributed by atoms with E-state index < -0.39 is 4.92 Å². The molecule has 3 atom stereocenters. The highest BCUT2D eigenvalue weighted by atomic mass is 79.9. The molecular formula is C14H16BrCl2N3O3. The first-order valence-electron chi connectivity index (χ1n) is 7.06. The van der Waals surface area contributed by atoms with Gasteiger partial charge in [0.1, 0.15) is 5.02 Å². The van der Waals surface area contributed by atoms with E-state index in [2.05, 4.69) is 15.9 Å². The summed E-state index contributed by atoms with van der Waals surface area (Å²) < 4.78 is 0.461. The van der Waals surface area contributed by atoms with Crippen LogP contribution in [-0.2, 0) is 0 Å². The van der Waals surface area contributed by atoms with Crippen LogP contribution < -0.4 is 5.73 Å². The second kappa shape index (κ2) is 6.93. The van der Waals surface area contributed by atoms with Crippen LogP contribution in [0.25, 0.3) is 0 Å². The number of halogens is 3. The summed E-state index contributed by atoms with van der Waals surface area (Å²) in [6.07, 6.45) is 2.03. The van der Waals surface area contributed by atoms with E-state index in [1.54, 1.807) is 4.90 Å². The number of rotatable bonds is 2. The van der Waals surface area contributed by atoms with Crippen LogP contribution in [0, 0.1) is 22.0 Å². The third kappa shape index (κ3) is 3.33. The molecule has 1 aromatic carbocycles. The molecule has 0 aromatic heterocycles. The van der Waals surface area contributed by atoms with E-state index in [-0.39, 0.29) is 40.6 Å². The molecule has 1 heterocycles. The largest absolute Gasteiger partial charge is 0.338 e. The first kappa shape index (κ1) is 18.4. The molecule has 1 aromatic rings. The molecule has 1 amide bonds. The van der Waals surface area contributed by atoms with Gasteiger partial charge in [-0.2, -0.15) is 0 Å². The zero-order chi connectivity index (χ0) is 16.0. The average Bonchev–Trinajstić information content (AvgIpc) is 3.02. The first-order chi connectivity index (χ1) is 10.4. The predicted molar refractivity (Wildman–Crippen MR) is 93.1 cm³/mol. The molecule has 0 spiro atoms. The van der Waals surface area contributed by atoms with Crippen LogP contribution in [0.3, 0.4) is 0 Å². The Morgan fingerprint density at radius 1 is 1.39 bits per heavy atom. The summed E-state index contributed by atoms with van der Waals surface area (Å²) in [5.41, 5.74) is 5.97. The Balaban J connectivity index is 0.00000192. The van der Waals surface area contributed by atoms with Gasteiger partial charge in [0.05, 0.1) is 10.5 Å². The van der Waals surface area contributed by atoms with Gasteiger partial charge in [0, 0.05) is 29.7 Å². The molecule has 6 nitrogen and oxygen atoms in total. The van der Waals surface area contributed by atoms with E-state index in [4.69, 9.17) is 17.3 Å². The van der Waals surface area contributed by atoms with Gasteiger partial charge in [0.15, 0.2) is 0 Å². The van der Waals surface area contributed by atoms with Crippen LogP contribution in [0.2, 0.25) is 5.02 Å². The van der Waals surface area contributed by atoms with Gasteiger partial charge in [-0.25, -0.2) is 0 Å². The van der Waals surface area contributed by atoms with Gasteiger partial charge >= 0.3 is 0 Å². The van der Waals surface area contributed by atoms with E-state index in [9.17, 15) is 14.9 Å². The molecule has 0 bridgehead atoms. The van der Waals surface area contributed by atoms with Crippen molar-refractivity contribution in [3.05, 3.63) is 37.3 Å². The third-order valence-electron chi connectivity index (χ3n) is 4.64. The molecule has 2 fully saturated rings. The van der Waals surface area contributed by atoms with E-state index in [1.165, 1.54) is 12.1 Å². The molecule has 1 saturated heterocycles. The van der Waals surface area contributed by atoms with Crippen LogP contribution in [-0.4, -0.2) is 34.9 Å². The number of carbonyl (C=O) groups excluding carboxylic acids is 1. The monoisotopic (exact) mass is 423 g/mol. The lowest BCUT2D eigenvalue weighted by molar-refractivity contribution is -0.384. The smallest absolute Gasteiger partial charge is 0.289 e. The van der Waals surface area contributed by atoms with Gasteiger partial charge in [-0.1, -0.05) is 27.5 Å². The van der Waals surface area contributed by atoms with Gasteiger partial charge in [0.25, 0.3) is 11.6 Å².